The highest BCUT2D eigenvalue weighted by molar-refractivity contribution is 9.10. The van der Waals surface area contributed by atoms with E-state index in [0.29, 0.717) is 22.7 Å². The van der Waals surface area contributed by atoms with Crippen LogP contribution in [-0.4, -0.2) is 17.9 Å². The van der Waals surface area contributed by atoms with Crippen molar-refractivity contribution < 1.29 is 9.21 Å². The van der Waals surface area contributed by atoms with Crippen molar-refractivity contribution >= 4 is 27.5 Å². The van der Waals surface area contributed by atoms with Crippen molar-refractivity contribution in [1.82, 2.24) is 4.90 Å². The summed E-state index contributed by atoms with van der Waals surface area (Å²) in [5.74, 6) is 0.164. The first kappa shape index (κ1) is 12.7. The first-order valence-electron chi connectivity index (χ1n) is 5.41. The number of nitrogens with zero attached hydrogens (tertiary/aromatic N) is 1. The molecule has 2 rings (SSSR count). The summed E-state index contributed by atoms with van der Waals surface area (Å²) in [5.41, 5.74) is 7.34. The van der Waals surface area contributed by atoms with Crippen LogP contribution >= 0.6 is 15.9 Å². The average Bonchev–Trinajstić information content (AvgIpc) is 2.78. The lowest BCUT2D eigenvalue weighted by Crippen LogP contribution is -2.25. The second-order valence-electron chi connectivity index (χ2n) is 4.01. The number of nitrogens with two attached hydrogens (primary N) is 1. The van der Waals surface area contributed by atoms with Gasteiger partial charge in [-0.25, -0.2) is 0 Å². The second-order valence-corrected chi connectivity index (χ2v) is 4.79. The van der Waals surface area contributed by atoms with Crippen molar-refractivity contribution in [1.29, 1.82) is 0 Å². The average molecular weight is 309 g/mol. The SMILES string of the molecule is CN(Cc1ccc(N)cc1)C(=O)c1ccc(Br)o1. The van der Waals surface area contributed by atoms with Crippen molar-refractivity contribution in [2.45, 2.75) is 6.54 Å². The van der Waals surface area contributed by atoms with Crippen molar-refractivity contribution in [3.05, 3.63) is 52.4 Å². The van der Waals surface area contributed by atoms with Crippen LogP contribution in [0.5, 0.6) is 0 Å². The van der Waals surface area contributed by atoms with Gasteiger partial charge in [0.25, 0.3) is 5.91 Å². The van der Waals surface area contributed by atoms with Gasteiger partial charge in [-0.15, -0.1) is 0 Å². The standard InChI is InChI=1S/C13H13BrN2O2/c1-16(8-9-2-4-10(15)5-3-9)13(17)11-6-7-12(14)18-11/h2-7H,8,15H2,1H3. The third-order valence-corrected chi connectivity index (χ3v) is 2.96. The second kappa shape index (κ2) is 5.27. The van der Waals surface area contributed by atoms with Gasteiger partial charge in [-0.1, -0.05) is 12.1 Å². The van der Waals surface area contributed by atoms with E-state index >= 15 is 0 Å². The molecule has 1 aromatic heterocycles. The van der Waals surface area contributed by atoms with Gasteiger partial charge in [0.05, 0.1) is 0 Å². The molecule has 1 aromatic carbocycles. The fraction of sp³-hybridized carbons (Fsp3) is 0.154. The molecule has 0 fully saturated rings. The molecule has 0 spiro atoms. The third kappa shape index (κ3) is 2.92. The molecule has 0 aliphatic carbocycles. The van der Waals surface area contributed by atoms with Crippen molar-refractivity contribution in [3.8, 4) is 0 Å². The van der Waals surface area contributed by atoms with Gasteiger partial charge in [-0.2, -0.15) is 0 Å². The van der Waals surface area contributed by atoms with Crippen LogP contribution in [0.1, 0.15) is 16.1 Å². The first-order chi connectivity index (χ1) is 8.56. The van der Waals surface area contributed by atoms with Crippen LogP contribution in [0.3, 0.4) is 0 Å². The Bertz CT molecular complexity index is 548. The molecule has 0 atom stereocenters. The Labute approximate surface area is 114 Å². The summed E-state index contributed by atoms with van der Waals surface area (Å²) in [6.45, 7) is 0.511. The number of carbonyl (C=O) groups is 1. The van der Waals surface area contributed by atoms with Crippen LogP contribution in [0, 0.1) is 0 Å². The molecule has 18 heavy (non-hydrogen) atoms. The van der Waals surface area contributed by atoms with Crippen LogP contribution in [0.15, 0.2) is 45.5 Å². The van der Waals surface area contributed by atoms with Gasteiger partial charge in [0.15, 0.2) is 10.4 Å². The number of nitrogen functional groups attached to an aromatic ring is 1. The summed E-state index contributed by atoms with van der Waals surface area (Å²) in [5, 5.41) is 0. The lowest BCUT2D eigenvalue weighted by molar-refractivity contribution is 0.0752. The Hall–Kier alpha value is -1.75. The molecule has 0 saturated heterocycles. The number of rotatable bonds is 3. The number of anilines is 1. The molecular formula is C13H13BrN2O2. The Morgan fingerprint density at radius 3 is 2.50 bits per heavy atom. The normalized spacial score (nSPS) is 10.3. The summed E-state index contributed by atoms with van der Waals surface area (Å²) >= 11 is 3.17. The zero-order chi connectivity index (χ0) is 13.1. The largest absolute Gasteiger partial charge is 0.444 e. The van der Waals surface area contributed by atoms with Gasteiger partial charge in [0.2, 0.25) is 0 Å². The van der Waals surface area contributed by atoms with E-state index in [9.17, 15) is 4.79 Å². The number of hydrogen-bond acceptors (Lipinski definition) is 3. The minimum atomic E-state index is -0.155. The summed E-state index contributed by atoms with van der Waals surface area (Å²) in [6, 6.07) is 10.8. The van der Waals surface area contributed by atoms with Crippen molar-refractivity contribution in [2.75, 3.05) is 12.8 Å². The van der Waals surface area contributed by atoms with Gasteiger partial charge in [-0.3, -0.25) is 4.79 Å². The lowest BCUT2D eigenvalue weighted by atomic mass is 10.2. The molecule has 0 saturated carbocycles. The molecule has 0 aliphatic heterocycles. The van der Waals surface area contributed by atoms with Gasteiger partial charge in [-0.05, 0) is 45.8 Å². The number of benzene rings is 1. The number of amides is 1. The van der Waals surface area contributed by atoms with E-state index in [4.69, 9.17) is 10.2 Å². The van der Waals surface area contributed by atoms with E-state index in [1.165, 1.54) is 0 Å². The maximum Gasteiger partial charge on any atom is 0.289 e. The molecule has 2 aromatic rings. The van der Waals surface area contributed by atoms with E-state index in [-0.39, 0.29) is 5.91 Å². The van der Waals surface area contributed by atoms with Crippen LogP contribution in [0.4, 0.5) is 5.69 Å². The molecule has 4 nitrogen and oxygen atoms in total. The first-order valence-corrected chi connectivity index (χ1v) is 6.21. The van der Waals surface area contributed by atoms with Crippen LogP contribution < -0.4 is 5.73 Å². The summed E-state index contributed by atoms with van der Waals surface area (Å²) in [6.07, 6.45) is 0. The molecule has 0 radical (unpaired) electrons. The molecule has 5 heteroatoms. The number of furan rings is 1. The zero-order valence-corrected chi connectivity index (χ0v) is 11.5. The molecule has 94 valence electrons. The fourth-order valence-electron chi connectivity index (χ4n) is 1.59. The number of halogens is 1. The molecule has 2 N–H and O–H groups in total. The quantitative estimate of drug-likeness (QED) is 0.887. The van der Waals surface area contributed by atoms with Gasteiger partial charge < -0.3 is 15.1 Å². The van der Waals surface area contributed by atoms with E-state index in [1.807, 2.05) is 24.3 Å². The van der Waals surface area contributed by atoms with E-state index in [1.54, 1.807) is 24.1 Å². The summed E-state index contributed by atoms with van der Waals surface area (Å²) < 4.78 is 5.78. The maximum absolute atomic E-state index is 12.0. The molecule has 0 unspecified atom stereocenters. The monoisotopic (exact) mass is 308 g/mol. The van der Waals surface area contributed by atoms with E-state index in [0.717, 1.165) is 5.56 Å². The molecule has 0 aliphatic rings. The minimum absolute atomic E-state index is 0.155. The Morgan fingerprint density at radius 1 is 1.28 bits per heavy atom. The van der Waals surface area contributed by atoms with Crippen LogP contribution in [0.2, 0.25) is 0 Å². The van der Waals surface area contributed by atoms with Crippen LogP contribution in [-0.2, 0) is 6.54 Å². The van der Waals surface area contributed by atoms with Crippen molar-refractivity contribution in [2.24, 2.45) is 0 Å². The highest BCUT2D eigenvalue weighted by atomic mass is 79.9. The lowest BCUT2D eigenvalue weighted by Gasteiger charge is -2.15. The zero-order valence-electron chi connectivity index (χ0n) is 9.89. The third-order valence-electron chi connectivity index (χ3n) is 2.53. The molecule has 0 bridgehead atoms. The topological polar surface area (TPSA) is 59.5 Å². The fourth-order valence-corrected chi connectivity index (χ4v) is 1.89. The van der Waals surface area contributed by atoms with E-state index in [2.05, 4.69) is 15.9 Å². The van der Waals surface area contributed by atoms with Gasteiger partial charge in [0.1, 0.15) is 0 Å². The highest BCUT2D eigenvalue weighted by Gasteiger charge is 2.15. The Morgan fingerprint density at radius 2 is 1.94 bits per heavy atom. The smallest absolute Gasteiger partial charge is 0.289 e. The minimum Gasteiger partial charge on any atom is -0.444 e. The van der Waals surface area contributed by atoms with Gasteiger partial charge >= 0.3 is 0 Å². The van der Waals surface area contributed by atoms with Crippen molar-refractivity contribution in [3.63, 3.8) is 0 Å². The molecular weight excluding hydrogens is 296 g/mol. The maximum atomic E-state index is 12.0. The predicted octanol–water partition coefficient (Wildman–Crippen LogP) is 2.90. The Balaban J connectivity index is 2.05. The highest BCUT2D eigenvalue weighted by Crippen LogP contribution is 2.16. The van der Waals surface area contributed by atoms with Crippen LogP contribution in [0.25, 0.3) is 0 Å². The predicted molar refractivity (Wildman–Crippen MR) is 73.1 cm³/mol. The number of carbonyl (C=O) groups excluding carboxylic acids is 1. The molecule has 1 amide bonds. The van der Waals surface area contributed by atoms with E-state index < -0.39 is 0 Å². The Kier molecular flexibility index (Phi) is 3.72. The molecule has 1 heterocycles. The number of hydrogen-bond donors (Lipinski definition) is 1. The summed E-state index contributed by atoms with van der Waals surface area (Å²) in [4.78, 5) is 13.6. The van der Waals surface area contributed by atoms with Gasteiger partial charge in [0, 0.05) is 19.3 Å². The summed E-state index contributed by atoms with van der Waals surface area (Å²) in [7, 11) is 1.73.